The first-order chi connectivity index (χ1) is 9.84. The minimum Gasteiger partial charge on any atom is -0.340 e. The van der Waals surface area contributed by atoms with Crippen LogP contribution in [0.2, 0.25) is 0 Å². The number of aromatic amines is 1. The second-order valence-electron chi connectivity index (χ2n) is 5.52. The molecule has 1 atom stereocenters. The first-order valence-electron chi connectivity index (χ1n) is 7.08. The van der Waals surface area contributed by atoms with Gasteiger partial charge in [0.15, 0.2) is 11.3 Å². The van der Waals surface area contributed by atoms with Crippen molar-refractivity contribution in [3.8, 4) is 0 Å². The fourth-order valence-electron chi connectivity index (χ4n) is 3.33. The molecule has 0 aromatic carbocycles. The van der Waals surface area contributed by atoms with Crippen LogP contribution in [0.1, 0.15) is 32.0 Å². The van der Waals surface area contributed by atoms with E-state index >= 15 is 0 Å². The molecule has 1 unspecified atom stereocenters. The lowest BCUT2D eigenvalue weighted by Crippen LogP contribution is -2.31. The molecule has 1 saturated heterocycles. The van der Waals surface area contributed by atoms with Crippen LogP contribution in [0.3, 0.4) is 0 Å². The van der Waals surface area contributed by atoms with E-state index in [0.717, 1.165) is 49.3 Å². The summed E-state index contributed by atoms with van der Waals surface area (Å²) in [7, 11) is 0. The molecule has 0 spiro atoms. The normalized spacial score (nSPS) is 23.1. The molecule has 3 aromatic rings. The van der Waals surface area contributed by atoms with Crippen LogP contribution in [-0.2, 0) is 5.41 Å². The maximum Gasteiger partial charge on any atom is 0.189 e. The van der Waals surface area contributed by atoms with E-state index in [1.807, 2.05) is 4.40 Å². The van der Waals surface area contributed by atoms with Gasteiger partial charge in [-0.15, -0.1) is 10.2 Å². The molecule has 20 heavy (non-hydrogen) atoms. The summed E-state index contributed by atoms with van der Waals surface area (Å²) >= 11 is 0. The van der Waals surface area contributed by atoms with Gasteiger partial charge in [0.05, 0.1) is 6.33 Å². The maximum atomic E-state index is 4.48. The first kappa shape index (κ1) is 11.8. The standard InChI is InChI=1S/C13H17N7/c1-2-3-13(4-5-14-6-13)12-19-18-11-9-10(16-7-15-9)17-8-20(11)12/h7-8,14H,2-6H2,1H3,(H,15,16). The van der Waals surface area contributed by atoms with Crippen molar-refractivity contribution >= 4 is 16.8 Å². The second kappa shape index (κ2) is 4.24. The van der Waals surface area contributed by atoms with Gasteiger partial charge in [0.2, 0.25) is 0 Å². The van der Waals surface area contributed by atoms with Gasteiger partial charge in [-0.25, -0.2) is 9.97 Å². The number of nitrogens with zero attached hydrogens (tertiary/aromatic N) is 5. The van der Waals surface area contributed by atoms with Crippen molar-refractivity contribution in [2.45, 2.75) is 31.6 Å². The summed E-state index contributed by atoms with van der Waals surface area (Å²) in [6.45, 7) is 4.21. The quantitative estimate of drug-likeness (QED) is 0.743. The number of hydrogen-bond donors (Lipinski definition) is 2. The number of rotatable bonds is 3. The molecule has 3 aromatic heterocycles. The van der Waals surface area contributed by atoms with Crippen LogP contribution in [0.4, 0.5) is 0 Å². The molecule has 4 heterocycles. The lowest BCUT2D eigenvalue weighted by atomic mass is 9.81. The Kier molecular flexibility index (Phi) is 2.50. The Bertz CT molecular complexity index is 750. The lowest BCUT2D eigenvalue weighted by Gasteiger charge is -2.25. The predicted octanol–water partition coefficient (Wildman–Crippen LogP) is 1.03. The highest BCUT2D eigenvalue weighted by atomic mass is 15.3. The Balaban J connectivity index is 1.95. The van der Waals surface area contributed by atoms with E-state index in [1.54, 1.807) is 12.7 Å². The average molecular weight is 271 g/mol. The topological polar surface area (TPSA) is 83.8 Å². The third-order valence-corrected chi connectivity index (χ3v) is 4.28. The van der Waals surface area contributed by atoms with E-state index < -0.39 is 0 Å². The summed E-state index contributed by atoms with van der Waals surface area (Å²) in [4.78, 5) is 11.7. The van der Waals surface area contributed by atoms with Crippen molar-refractivity contribution in [1.82, 2.24) is 34.9 Å². The molecule has 4 rings (SSSR count). The number of H-pyrrole nitrogens is 1. The van der Waals surface area contributed by atoms with Crippen molar-refractivity contribution in [3.63, 3.8) is 0 Å². The van der Waals surface area contributed by atoms with E-state index in [2.05, 4.69) is 37.4 Å². The van der Waals surface area contributed by atoms with Crippen molar-refractivity contribution in [3.05, 3.63) is 18.5 Å². The van der Waals surface area contributed by atoms with E-state index in [4.69, 9.17) is 0 Å². The minimum atomic E-state index is 0.0730. The molecule has 7 nitrogen and oxygen atoms in total. The number of fused-ring (bicyclic) bond motifs is 3. The number of aromatic nitrogens is 6. The smallest absolute Gasteiger partial charge is 0.189 e. The zero-order valence-electron chi connectivity index (χ0n) is 11.4. The Morgan fingerprint density at radius 1 is 1.35 bits per heavy atom. The number of nitrogens with one attached hydrogen (secondary N) is 2. The van der Waals surface area contributed by atoms with Gasteiger partial charge < -0.3 is 10.3 Å². The van der Waals surface area contributed by atoms with Crippen LogP contribution in [0, 0.1) is 0 Å². The van der Waals surface area contributed by atoms with Crippen molar-refractivity contribution < 1.29 is 0 Å². The molecular weight excluding hydrogens is 254 g/mol. The van der Waals surface area contributed by atoms with E-state index in [0.29, 0.717) is 5.65 Å². The fourth-order valence-corrected chi connectivity index (χ4v) is 3.33. The van der Waals surface area contributed by atoms with Crippen LogP contribution in [0.15, 0.2) is 12.7 Å². The van der Waals surface area contributed by atoms with Gasteiger partial charge in [-0.3, -0.25) is 4.40 Å². The fraction of sp³-hybridized carbons (Fsp3) is 0.538. The zero-order valence-corrected chi connectivity index (χ0v) is 11.4. The predicted molar refractivity (Wildman–Crippen MR) is 74.5 cm³/mol. The van der Waals surface area contributed by atoms with Gasteiger partial charge in [0.25, 0.3) is 0 Å². The van der Waals surface area contributed by atoms with Gasteiger partial charge in [0.1, 0.15) is 17.7 Å². The Morgan fingerprint density at radius 2 is 2.30 bits per heavy atom. The van der Waals surface area contributed by atoms with Gasteiger partial charge in [-0.2, -0.15) is 0 Å². The Labute approximate surface area is 115 Å². The first-order valence-corrected chi connectivity index (χ1v) is 7.08. The highest BCUT2D eigenvalue weighted by molar-refractivity contribution is 5.84. The van der Waals surface area contributed by atoms with Crippen molar-refractivity contribution in [1.29, 1.82) is 0 Å². The Hall–Kier alpha value is -2.02. The highest BCUT2D eigenvalue weighted by Crippen LogP contribution is 2.34. The zero-order chi connectivity index (χ0) is 13.6. The second-order valence-corrected chi connectivity index (χ2v) is 5.52. The molecule has 0 radical (unpaired) electrons. The van der Waals surface area contributed by atoms with E-state index in [-0.39, 0.29) is 5.41 Å². The summed E-state index contributed by atoms with van der Waals surface area (Å²) in [6, 6.07) is 0. The molecule has 1 aliphatic rings. The monoisotopic (exact) mass is 271 g/mol. The number of hydrogen-bond acceptors (Lipinski definition) is 5. The minimum absolute atomic E-state index is 0.0730. The van der Waals surface area contributed by atoms with Crippen LogP contribution in [0.5, 0.6) is 0 Å². The van der Waals surface area contributed by atoms with Gasteiger partial charge >= 0.3 is 0 Å². The lowest BCUT2D eigenvalue weighted by molar-refractivity contribution is 0.398. The third kappa shape index (κ3) is 1.49. The van der Waals surface area contributed by atoms with Gasteiger partial charge in [0, 0.05) is 12.0 Å². The summed E-state index contributed by atoms with van der Waals surface area (Å²) in [6.07, 6.45) is 6.79. The molecule has 1 aliphatic heterocycles. The molecule has 0 bridgehead atoms. The van der Waals surface area contributed by atoms with Gasteiger partial charge in [-0.1, -0.05) is 13.3 Å². The molecule has 1 fully saturated rings. The molecule has 0 aliphatic carbocycles. The highest BCUT2D eigenvalue weighted by Gasteiger charge is 2.39. The molecule has 0 amide bonds. The third-order valence-electron chi connectivity index (χ3n) is 4.28. The van der Waals surface area contributed by atoms with Crippen LogP contribution in [0.25, 0.3) is 16.8 Å². The summed E-state index contributed by atoms with van der Waals surface area (Å²) < 4.78 is 2.02. The van der Waals surface area contributed by atoms with Crippen molar-refractivity contribution in [2.24, 2.45) is 0 Å². The summed E-state index contributed by atoms with van der Waals surface area (Å²) in [5.74, 6) is 1.02. The average Bonchev–Trinajstić information content (AvgIpc) is 3.17. The summed E-state index contributed by atoms with van der Waals surface area (Å²) in [5.41, 5.74) is 2.42. The largest absolute Gasteiger partial charge is 0.340 e. The van der Waals surface area contributed by atoms with Crippen LogP contribution >= 0.6 is 0 Å². The van der Waals surface area contributed by atoms with Gasteiger partial charge in [-0.05, 0) is 19.4 Å². The summed E-state index contributed by atoms with van der Waals surface area (Å²) in [5, 5.41) is 12.3. The maximum absolute atomic E-state index is 4.48. The molecule has 2 N–H and O–H groups in total. The SMILES string of the molecule is CCCC1(c2nnc3c4[nH]cnc4ncn23)CCNC1. The number of imidazole rings is 1. The molecular formula is C13H17N7. The van der Waals surface area contributed by atoms with Crippen LogP contribution < -0.4 is 5.32 Å². The van der Waals surface area contributed by atoms with E-state index in [1.165, 1.54) is 0 Å². The van der Waals surface area contributed by atoms with Crippen LogP contribution in [-0.4, -0.2) is 42.6 Å². The molecule has 0 saturated carbocycles. The van der Waals surface area contributed by atoms with Crippen molar-refractivity contribution in [2.75, 3.05) is 13.1 Å². The van der Waals surface area contributed by atoms with E-state index in [9.17, 15) is 0 Å². The Morgan fingerprint density at radius 3 is 3.10 bits per heavy atom. The molecule has 7 heteroatoms. The molecule has 104 valence electrons.